The number of anilines is 2. The Hall–Kier alpha value is -3.32. The van der Waals surface area contributed by atoms with Crippen molar-refractivity contribution in [1.29, 1.82) is 0 Å². The van der Waals surface area contributed by atoms with Crippen molar-refractivity contribution in [3.63, 3.8) is 0 Å². The molecule has 4 aliphatic carbocycles. The SMILES string of the molecule is COc1ccccc1N(C)S(=O)(=O)c1ccc(C(=O)Nc2ccc(C34CC5CC(CC(C5)C3)C4)cc2)cc1. The van der Waals surface area contributed by atoms with E-state index in [0.717, 1.165) is 23.4 Å². The molecule has 4 aliphatic rings. The molecule has 0 unspecified atom stereocenters. The number of ether oxygens (including phenoxy) is 1. The number of amides is 1. The van der Waals surface area contributed by atoms with Crippen LogP contribution in [0.5, 0.6) is 5.75 Å². The predicted molar refractivity (Wildman–Crippen MR) is 149 cm³/mol. The Morgan fingerprint density at radius 3 is 2.03 bits per heavy atom. The monoisotopic (exact) mass is 530 g/mol. The standard InChI is InChI=1S/C31H34N2O4S/c1-33(28-5-3-4-6-29(28)37-2)38(35,36)27-13-7-24(8-14-27)30(34)32-26-11-9-25(10-12-26)31-18-21-15-22(19-31)17-23(16-21)20-31/h3-14,21-23H,15-20H2,1-2H3,(H,32,34). The number of methoxy groups -OCH3 is 1. The van der Waals surface area contributed by atoms with Gasteiger partial charge in [-0.15, -0.1) is 0 Å². The third-order valence-electron chi connectivity index (χ3n) is 8.99. The first kappa shape index (κ1) is 25.0. The number of sulfonamides is 1. The summed E-state index contributed by atoms with van der Waals surface area (Å²) in [6.07, 6.45) is 8.20. The second-order valence-electron chi connectivity index (χ2n) is 11.4. The van der Waals surface area contributed by atoms with E-state index in [9.17, 15) is 13.2 Å². The van der Waals surface area contributed by atoms with Crippen molar-refractivity contribution < 1.29 is 17.9 Å². The molecule has 38 heavy (non-hydrogen) atoms. The van der Waals surface area contributed by atoms with E-state index in [1.165, 1.54) is 74.7 Å². The Morgan fingerprint density at radius 2 is 1.45 bits per heavy atom. The van der Waals surface area contributed by atoms with E-state index in [2.05, 4.69) is 17.4 Å². The lowest BCUT2D eigenvalue weighted by molar-refractivity contribution is -0.00518. The Morgan fingerprint density at radius 1 is 0.868 bits per heavy atom. The van der Waals surface area contributed by atoms with Crippen molar-refractivity contribution in [1.82, 2.24) is 0 Å². The third-order valence-corrected chi connectivity index (χ3v) is 10.8. The van der Waals surface area contributed by atoms with Gasteiger partial charge in [-0.1, -0.05) is 24.3 Å². The third kappa shape index (κ3) is 4.37. The smallest absolute Gasteiger partial charge is 0.264 e. The van der Waals surface area contributed by atoms with Crippen LogP contribution < -0.4 is 14.4 Å². The van der Waals surface area contributed by atoms with Crippen molar-refractivity contribution in [3.05, 3.63) is 83.9 Å². The fourth-order valence-corrected chi connectivity index (χ4v) is 8.74. The molecule has 198 valence electrons. The molecular weight excluding hydrogens is 496 g/mol. The van der Waals surface area contributed by atoms with Crippen molar-refractivity contribution >= 4 is 27.3 Å². The van der Waals surface area contributed by atoms with E-state index in [0.29, 0.717) is 22.4 Å². The molecule has 4 saturated carbocycles. The summed E-state index contributed by atoms with van der Waals surface area (Å²) in [6, 6.07) is 21.4. The van der Waals surface area contributed by atoms with Crippen molar-refractivity contribution in [2.45, 2.75) is 48.8 Å². The zero-order chi connectivity index (χ0) is 26.5. The molecule has 0 saturated heterocycles. The van der Waals surface area contributed by atoms with Crippen molar-refractivity contribution in [2.24, 2.45) is 17.8 Å². The zero-order valence-electron chi connectivity index (χ0n) is 21.9. The van der Waals surface area contributed by atoms with Gasteiger partial charge in [-0.2, -0.15) is 0 Å². The molecule has 0 aromatic heterocycles. The average molecular weight is 531 g/mol. The molecule has 0 atom stereocenters. The molecule has 0 radical (unpaired) electrons. The number of benzene rings is 3. The maximum Gasteiger partial charge on any atom is 0.264 e. The molecular formula is C31H34N2O4S. The maximum atomic E-state index is 13.2. The fraction of sp³-hybridized carbons (Fsp3) is 0.387. The molecule has 1 amide bonds. The van der Waals surface area contributed by atoms with Crippen LogP contribution in [-0.2, 0) is 15.4 Å². The minimum atomic E-state index is -3.83. The number of para-hydroxylation sites is 2. The topological polar surface area (TPSA) is 75.7 Å². The molecule has 7 rings (SSSR count). The van der Waals surface area contributed by atoms with Crippen LogP contribution >= 0.6 is 0 Å². The molecule has 0 heterocycles. The maximum absolute atomic E-state index is 13.2. The largest absolute Gasteiger partial charge is 0.495 e. The van der Waals surface area contributed by atoms with Crippen LogP contribution in [0.25, 0.3) is 0 Å². The fourth-order valence-electron chi connectivity index (χ4n) is 7.53. The van der Waals surface area contributed by atoms with E-state index >= 15 is 0 Å². The molecule has 3 aromatic rings. The highest BCUT2D eigenvalue weighted by atomic mass is 32.2. The first-order valence-electron chi connectivity index (χ1n) is 13.4. The zero-order valence-corrected chi connectivity index (χ0v) is 22.7. The van der Waals surface area contributed by atoms with Crippen LogP contribution in [0.3, 0.4) is 0 Å². The molecule has 7 heteroatoms. The van der Waals surface area contributed by atoms with Gasteiger partial charge in [0.05, 0.1) is 17.7 Å². The van der Waals surface area contributed by atoms with Gasteiger partial charge in [0.1, 0.15) is 5.75 Å². The number of rotatable bonds is 7. The number of carbonyl (C=O) groups is 1. The molecule has 3 aromatic carbocycles. The second kappa shape index (κ2) is 9.45. The van der Waals surface area contributed by atoms with Gasteiger partial charge < -0.3 is 10.1 Å². The van der Waals surface area contributed by atoms with E-state index in [-0.39, 0.29) is 10.8 Å². The van der Waals surface area contributed by atoms with E-state index in [1.807, 2.05) is 12.1 Å². The van der Waals surface area contributed by atoms with Gasteiger partial charge in [0, 0.05) is 18.3 Å². The van der Waals surface area contributed by atoms with Crippen LogP contribution in [0.1, 0.15) is 54.4 Å². The molecule has 0 aliphatic heterocycles. The molecule has 0 spiro atoms. The summed E-state index contributed by atoms with van der Waals surface area (Å²) in [5.74, 6) is 2.86. The number of nitrogens with zero attached hydrogens (tertiary/aromatic N) is 1. The van der Waals surface area contributed by atoms with Gasteiger partial charge in [-0.3, -0.25) is 9.10 Å². The Labute approximate surface area is 225 Å². The molecule has 4 fully saturated rings. The van der Waals surface area contributed by atoms with Crippen LogP contribution in [0.2, 0.25) is 0 Å². The van der Waals surface area contributed by atoms with Gasteiger partial charge in [-0.25, -0.2) is 8.42 Å². The Balaban J connectivity index is 1.14. The summed E-state index contributed by atoms with van der Waals surface area (Å²) in [4.78, 5) is 13.0. The second-order valence-corrected chi connectivity index (χ2v) is 13.4. The summed E-state index contributed by atoms with van der Waals surface area (Å²) in [7, 11) is -0.838. The van der Waals surface area contributed by atoms with Gasteiger partial charge in [-0.05, 0) is 116 Å². The van der Waals surface area contributed by atoms with Crippen molar-refractivity contribution in [2.75, 3.05) is 23.8 Å². The lowest BCUT2D eigenvalue weighted by Gasteiger charge is -2.57. The minimum Gasteiger partial charge on any atom is -0.495 e. The first-order chi connectivity index (χ1) is 18.3. The summed E-state index contributed by atoms with van der Waals surface area (Å²) in [5.41, 5.74) is 3.33. The summed E-state index contributed by atoms with van der Waals surface area (Å²) in [6.45, 7) is 0. The van der Waals surface area contributed by atoms with Gasteiger partial charge >= 0.3 is 0 Å². The Kier molecular flexibility index (Phi) is 6.22. The highest BCUT2D eigenvalue weighted by Crippen LogP contribution is 2.60. The van der Waals surface area contributed by atoms with Crippen LogP contribution in [0.15, 0.2) is 77.7 Å². The quantitative estimate of drug-likeness (QED) is 0.392. The first-order valence-corrected chi connectivity index (χ1v) is 14.9. The van der Waals surface area contributed by atoms with Crippen LogP contribution in [-0.4, -0.2) is 28.5 Å². The lowest BCUT2D eigenvalue weighted by Crippen LogP contribution is -2.48. The molecule has 1 N–H and O–H groups in total. The number of hydrogen-bond donors (Lipinski definition) is 1. The summed E-state index contributed by atoms with van der Waals surface area (Å²) in [5, 5.41) is 2.97. The van der Waals surface area contributed by atoms with E-state index in [4.69, 9.17) is 4.74 Å². The molecule has 6 nitrogen and oxygen atoms in total. The summed E-state index contributed by atoms with van der Waals surface area (Å²) < 4.78 is 32.9. The number of hydrogen-bond acceptors (Lipinski definition) is 4. The highest BCUT2D eigenvalue weighted by Gasteiger charge is 2.51. The van der Waals surface area contributed by atoms with E-state index in [1.54, 1.807) is 36.4 Å². The summed E-state index contributed by atoms with van der Waals surface area (Å²) >= 11 is 0. The van der Waals surface area contributed by atoms with Crippen LogP contribution in [0.4, 0.5) is 11.4 Å². The van der Waals surface area contributed by atoms with E-state index < -0.39 is 10.0 Å². The predicted octanol–water partition coefficient (Wildman–Crippen LogP) is 6.24. The lowest BCUT2D eigenvalue weighted by atomic mass is 9.48. The Bertz CT molecular complexity index is 1410. The normalized spacial score (nSPS) is 25.7. The van der Waals surface area contributed by atoms with Crippen LogP contribution in [0, 0.1) is 17.8 Å². The number of nitrogens with one attached hydrogen (secondary N) is 1. The number of carbonyl (C=O) groups excluding carboxylic acids is 1. The van der Waals surface area contributed by atoms with Gasteiger partial charge in [0.2, 0.25) is 0 Å². The van der Waals surface area contributed by atoms with Gasteiger partial charge in [0.15, 0.2) is 0 Å². The molecule has 4 bridgehead atoms. The minimum absolute atomic E-state index is 0.0994. The average Bonchev–Trinajstić information content (AvgIpc) is 2.92. The highest BCUT2D eigenvalue weighted by molar-refractivity contribution is 7.92. The van der Waals surface area contributed by atoms with Crippen molar-refractivity contribution in [3.8, 4) is 5.75 Å². The van der Waals surface area contributed by atoms with Gasteiger partial charge in [0.25, 0.3) is 15.9 Å².